The molecule has 1 fully saturated rings. The van der Waals surface area contributed by atoms with Gasteiger partial charge in [-0.25, -0.2) is 4.79 Å². The first-order valence-electron chi connectivity index (χ1n) is 6.42. The van der Waals surface area contributed by atoms with Crippen LogP contribution in [0.1, 0.15) is 13.3 Å². The second-order valence-electron chi connectivity index (χ2n) is 4.28. The number of morpholine rings is 1. The van der Waals surface area contributed by atoms with E-state index in [1.165, 1.54) is 7.11 Å². The summed E-state index contributed by atoms with van der Waals surface area (Å²) in [5.74, 6) is -0.796. The minimum atomic E-state index is -0.753. The number of imide groups is 1. The molecule has 8 heteroatoms. The Morgan fingerprint density at radius 1 is 1.40 bits per heavy atom. The zero-order valence-electron chi connectivity index (χ0n) is 11.7. The third-order valence-electron chi connectivity index (χ3n) is 2.73. The van der Waals surface area contributed by atoms with Crippen LogP contribution in [0.2, 0.25) is 0 Å². The van der Waals surface area contributed by atoms with E-state index in [1.807, 2.05) is 4.90 Å². The molecule has 0 aromatic rings. The van der Waals surface area contributed by atoms with Crippen molar-refractivity contribution in [3.63, 3.8) is 0 Å². The molecule has 1 saturated heterocycles. The molecule has 1 N–H and O–H groups in total. The summed E-state index contributed by atoms with van der Waals surface area (Å²) in [5.41, 5.74) is 0. The summed E-state index contributed by atoms with van der Waals surface area (Å²) in [7, 11) is 1.32. The Kier molecular flexibility index (Phi) is 6.96. The Morgan fingerprint density at radius 2 is 2.15 bits per heavy atom. The minimum Gasteiger partial charge on any atom is -0.469 e. The van der Waals surface area contributed by atoms with Crippen LogP contribution in [0.25, 0.3) is 0 Å². The molecule has 1 atom stereocenters. The largest absolute Gasteiger partial charge is 0.469 e. The van der Waals surface area contributed by atoms with Crippen molar-refractivity contribution in [1.29, 1.82) is 0 Å². The van der Waals surface area contributed by atoms with Crippen LogP contribution in [0.15, 0.2) is 0 Å². The first-order valence-corrected chi connectivity index (χ1v) is 6.42. The molecule has 1 unspecified atom stereocenters. The fourth-order valence-corrected chi connectivity index (χ4v) is 1.84. The zero-order chi connectivity index (χ0) is 15.0. The van der Waals surface area contributed by atoms with Crippen LogP contribution in [0.3, 0.4) is 0 Å². The van der Waals surface area contributed by atoms with Crippen LogP contribution < -0.4 is 5.32 Å². The predicted octanol–water partition coefficient (Wildman–Crippen LogP) is -0.477. The van der Waals surface area contributed by atoms with Crippen molar-refractivity contribution in [3.8, 4) is 0 Å². The summed E-state index contributed by atoms with van der Waals surface area (Å²) < 4.78 is 14.6. The van der Waals surface area contributed by atoms with Gasteiger partial charge in [0.2, 0.25) is 5.91 Å². The average Bonchev–Trinajstić information content (AvgIpc) is 2.38. The number of hydrogen-bond acceptors (Lipinski definition) is 7. The quantitative estimate of drug-likeness (QED) is 0.683. The summed E-state index contributed by atoms with van der Waals surface area (Å²) >= 11 is 0. The van der Waals surface area contributed by atoms with Crippen LogP contribution in [0.4, 0.5) is 4.79 Å². The van der Waals surface area contributed by atoms with Crippen LogP contribution in [-0.2, 0) is 23.8 Å². The van der Waals surface area contributed by atoms with E-state index in [4.69, 9.17) is 4.74 Å². The number of nitrogens with one attached hydrogen (secondary N) is 1. The van der Waals surface area contributed by atoms with Crippen molar-refractivity contribution in [3.05, 3.63) is 0 Å². The van der Waals surface area contributed by atoms with Crippen molar-refractivity contribution in [2.45, 2.75) is 19.4 Å². The van der Waals surface area contributed by atoms with Crippen molar-refractivity contribution >= 4 is 18.0 Å². The van der Waals surface area contributed by atoms with Gasteiger partial charge in [0.1, 0.15) is 0 Å². The van der Waals surface area contributed by atoms with E-state index in [0.717, 1.165) is 0 Å². The molecule has 2 amide bonds. The van der Waals surface area contributed by atoms with E-state index in [2.05, 4.69) is 14.8 Å². The van der Waals surface area contributed by atoms with Crippen molar-refractivity contribution < 1.29 is 28.6 Å². The van der Waals surface area contributed by atoms with Crippen LogP contribution in [0, 0.1) is 0 Å². The van der Waals surface area contributed by atoms with Crippen molar-refractivity contribution in [1.82, 2.24) is 10.2 Å². The zero-order valence-corrected chi connectivity index (χ0v) is 11.7. The molecule has 20 heavy (non-hydrogen) atoms. The number of hydrogen-bond donors (Lipinski definition) is 1. The lowest BCUT2D eigenvalue weighted by Crippen LogP contribution is -2.48. The number of ether oxygens (including phenoxy) is 3. The fourth-order valence-electron chi connectivity index (χ4n) is 1.84. The number of methoxy groups -OCH3 is 1. The monoisotopic (exact) mass is 288 g/mol. The highest BCUT2D eigenvalue weighted by atomic mass is 16.5. The van der Waals surface area contributed by atoms with E-state index < -0.39 is 12.0 Å². The normalized spacial score (nSPS) is 19.2. The van der Waals surface area contributed by atoms with E-state index >= 15 is 0 Å². The Labute approximate surface area is 117 Å². The highest BCUT2D eigenvalue weighted by molar-refractivity contribution is 5.92. The van der Waals surface area contributed by atoms with Crippen molar-refractivity contribution in [2.24, 2.45) is 0 Å². The Morgan fingerprint density at radius 3 is 2.80 bits per heavy atom. The van der Waals surface area contributed by atoms with Gasteiger partial charge in [-0.2, -0.15) is 0 Å². The summed E-state index contributed by atoms with van der Waals surface area (Å²) in [6.45, 7) is 3.34. The molecule has 0 aromatic carbocycles. The smallest absolute Gasteiger partial charge is 0.413 e. The van der Waals surface area contributed by atoms with Gasteiger partial charge >= 0.3 is 12.1 Å². The molecule has 1 heterocycles. The number of rotatable bonds is 5. The molecule has 114 valence electrons. The van der Waals surface area contributed by atoms with Gasteiger partial charge in [-0.1, -0.05) is 0 Å². The summed E-state index contributed by atoms with van der Waals surface area (Å²) in [6, 6.07) is 0. The molecule has 1 aliphatic heterocycles. The molecule has 0 bridgehead atoms. The fraction of sp³-hybridized carbons (Fsp3) is 0.750. The lowest BCUT2D eigenvalue weighted by Gasteiger charge is -2.31. The molecular weight excluding hydrogens is 268 g/mol. The van der Waals surface area contributed by atoms with Gasteiger partial charge in [0, 0.05) is 13.1 Å². The molecule has 0 saturated carbocycles. The van der Waals surface area contributed by atoms with Gasteiger partial charge in [-0.3, -0.25) is 19.8 Å². The maximum atomic E-state index is 11.6. The first-order chi connectivity index (χ1) is 9.55. The van der Waals surface area contributed by atoms with Crippen LogP contribution >= 0.6 is 0 Å². The third-order valence-corrected chi connectivity index (χ3v) is 2.73. The molecule has 0 aromatic heterocycles. The second kappa shape index (κ2) is 8.49. The van der Waals surface area contributed by atoms with Gasteiger partial charge in [0.15, 0.2) is 0 Å². The van der Waals surface area contributed by atoms with Gasteiger partial charge in [0.05, 0.1) is 39.4 Å². The van der Waals surface area contributed by atoms with Gasteiger partial charge in [-0.15, -0.1) is 0 Å². The first kappa shape index (κ1) is 16.4. The highest BCUT2D eigenvalue weighted by Gasteiger charge is 2.25. The highest BCUT2D eigenvalue weighted by Crippen LogP contribution is 2.09. The molecule has 8 nitrogen and oxygen atoms in total. The molecule has 0 spiro atoms. The minimum absolute atomic E-state index is 0.0554. The summed E-state index contributed by atoms with van der Waals surface area (Å²) in [6.07, 6.45) is -0.907. The molecule has 0 aliphatic carbocycles. The summed E-state index contributed by atoms with van der Waals surface area (Å²) in [5, 5.41) is 2.12. The standard InChI is InChI=1S/C12H20N2O6/c1-3-19-12(17)13-10(15)8-14-4-5-20-9(7-14)6-11(16)18-2/h9H,3-8H2,1-2H3,(H,13,15,17). The van der Waals surface area contributed by atoms with Crippen LogP contribution in [0.5, 0.6) is 0 Å². The van der Waals surface area contributed by atoms with E-state index in [-0.39, 0.29) is 31.6 Å². The maximum Gasteiger partial charge on any atom is 0.413 e. The Hall–Kier alpha value is -1.67. The van der Waals surface area contributed by atoms with Crippen LogP contribution in [-0.4, -0.2) is 68.9 Å². The van der Waals surface area contributed by atoms with Crippen molar-refractivity contribution in [2.75, 3.05) is 40.0 Å². The lowest BCUT2D eigenvalue weighted by atomic mass is 10.2. The number of amides is 2. The van der Waals surface area contributed by atoms with Gasteiger partial charge in [-0.05, 0) is 6.92 Å². The van der Waals surface area contributed by atoms with Gasteiger partial charge < -0.3 is 14.2 Å². The number of nitrogens with zero attached hydrogens (tertiary/aromatic N) is 1. The van der Waals surface area contributed by atoms with Gasteiger partial charge in [0.25, 0.3) is 0 Å². The number of carbonyl (C=O) groups is 3. The number of alkyl carbamates (subject to hydrolysis) is 1. The maximum absolute atomic E-state index is 11.6. The summed E-state index contributed by atoms with van der Waals surface area (Å²) in [4.78, 5) is 35.7. The van der Waals surface area contributed by atoms with E-state index in [0.29, 0.717) is 19.7 Å². The molecule has 1 aliphatic rings. The van der Waals surface area contributed by atoms with E-state index in [9.17, 15) is 14.4 Å². The van der Waals surface area contributed by atoms with E-state index in [1.54, 1.807) is 6.92 Å². The molecular formula is C12H20N2O6. The average molecular weight is 288 g/mol. The number of carbonyl (C=O) groups excluding carboxylic acids is 3. The Bertz CT molecular complexity index is 360. The lowest BCUT2D eigenvalue weighted by molar-refractivity contribution is -0.145. The molecule has 1 rings (SSSR count). The molecule has 0 radical (unpaired) electrons. The topological polar surface area (TPSA) is 94.2 Å². The Balaban J connectivity index is 2.34. The predicted molar refractivity (Wildman–Crippen MR) is 68.0 cm³/mol. The second-order valence-corrected chi connectivity index (χ2v) is 4.28. The third kappa shape index (κ3) is 5.98. The number of esters is 1. The SMILES string of the molecule is CCOC(=O)NC(=O)CN1CCOC(CC(=O)OC)C1.